The van der Waals surface area contributed by atoms with E-state index in [0.29, 0.717) is 140 Å². The van der Waals surface area contributed by atoms with Crippen LogP contribution in [0.15, 0.2) is 212 Å². The summed E-state index contributed by atoms with van der Waals surface area (Å²) in [6.07, 6.45) is 13.0. The molecule has 0 radical (unpaired) electrons. The lowest BCUT2D eigenvalue weighted by atomic mass is 10.0. The Morgan fingerprint density at radius 2 is 0.537 bits per heavy atom. The Balaban J connectivity index is 0.000000112. The summed E-state index contributed by atoms with van der Waals surface area (Å²) in [4.78, 5) is 45.1. The Morgan fingerprint density at radius 3 is 0.782 bits per heavy atom. The summed E-state index contributed by atoms with van der Waals surface area (Å²) in [5.41, 5.74) is 17.1. The van der Waals surface area contributed by atoms with Crippen LogP contribution in [0.4, 0.5) is 22.7 Å². The number of amides is 2. The number of carbonyl (C=O) groups excluding carboxylic acids is 2. The maximum atomic E-state index is 12.1. The monoisotopic (exact) mass is 2090 g/mol. The van der Waals surface area contributed by atoms with Gasteiger partial charge in [0.1, 0.15) is 78.4 Å². The molecule has 9 saturated heterocycles. The third kappa shape index (κ3) is 26.8. The molecule has 0 saturated carbocycles. The van der Waals surface area contributed by atoms with Crippen LogP contribution in [0.2, 0.25) is 0 Å². The largest absolute Gasteiger partial charge is 0.493 e. The zero-order valence-corrected chi connectivity index (χ0v) is 88.0. The average molecular weight is 2100 g/mol. The van der Waals surface area contributed by atoms with E-state index >= 15 is 0 Å². The number of ether oxygens (including phenoxy) is 11. The lowest BCUT2D eigenvalue weighted by Crippen LogP contribution is -2.40. The molecule has 9 fully saturated rings. The number of benzene rings is 10. The van der Waals surface area contributed by atoms with E-state index in [1.807, 2.05) is 52.3 Å². The molecule has 14 heterocycles. The Bertz CT molecular complexity index is 6200. The molecule has 10 aromatic carbocycles. The van der Waals surface area contributed by atoms with Gasteiger partial charge < -0.3 is 71.7 Å². The first kappa shape index (κ1) is 103. The van der Waals surface area contributed by atoms with Crippen molar-refractivity contribution in [1.82, 2.24) is 24.5 Å². The summed E-state index contributed by atoms with van der Waals surface area (Å²) in [6.45, 7) is 20.2. The first-order valence-electron chi connectivity index (χ1n) is 52.3. The van der Waals surface area contributed by atoms with Gasteiger partial charge in [-0.05, 0) is 274 Å². The molecule has 14 aliphatic rings. The number of likely N-dealkylation sites (tertiary alicyclic amines) is 5. The van der Waals surface area contributed by atoms with Crippen LogP contribution in [0.25, 0.3) is 0 Å². The quantitative estimate of drug-likeness (QED) is 0.0576. The molecule has 147 heavy (non-hydrogen) atoms. The Morgan fingerprint density at radius 1 is 0.299 bits per heavy atom. The predicted molar refractivity (Wildman–Crippen MR) is 578 cm³/mol. The Hall–Kier alpha value is -11.1. The van der Waals surface area contributed by atoms with E-state index in [1.165, 1.54) is 94.0 Å². The lowest BCUT2D eigenvalue weighted by Gasteiger charge is -2.29. The molecule has 5 atom stereocenters. The summed E-state index contributed by atoms with van der Waals surface area (Å²) < 4.78 is 132. The second-order valence-electron chi connectivity index (χ2n) is 39.9. The van der Waals surface area contributed by atoms with Crippen LogP contribution in [-0.2, 0) is 71.8 Å². The zero-order chi connectivity index (χ0) is 101. The molecule has 33 heteroatoms. The van der Waals surface area contributed by atoms with E-state index in [9.17, 15) is 34.8 Å². The third-order valence-corrected chi connectivity index (χ3v) is 35.9. The number of rotatable bonds is 23. The van der Waals surface area contributed by atoms with E-state index in [4.69, 9.17) is 52.1 Å². The van der Waals surface area contributed by atoms with Crippen molar-refractivity contribution in [1.29, 1.82) is 0 Å². The highest BCUT2D eigenvalue weighted by atomic mass is 32.2. The predicted octanol–water partition coefficient (Wildman–Crippen LogP) is 17.0. The Labute approximate surface area is 873 Å². The molecule has 0 aliphatic carbocycles. The van der Waals surface area contributed by atoms with Crippen LogP contribution >= 0.6 is 23.5 Å². The third-order valence-electron chi connectivity index (χ3n) is 29.9. The highest BCUT2D eigenvalue weighted by Gasteiger charge is 2.36. The average Bonchev–Trinajstić information content (AvgIpc) is 1.76. The molecule has 2 amide bonds. The molecule has 0 N–H and O–H groups in total. The van der Waals surface area contributed by atoms with Gasteiger partial charge in [-0.25, -0.2) is 25.3 Å². The smallest absolute Gasteiger partial charge is 0.237 e. The number of fused-ring (bicyclic) bond motifs is 5. The summed E-state index contributed by atoms with van der Waals surface area (Å²) in [7, 11) is -8.71. The number of hydrogen-bond donors (Lipinski definition) is 0. The van der Waals surface area contributed by atoms with E-state index in [1.54, 1.807) is 23.5 Å². The van der Waals surface area contributed by atoms with Gasteiger partial charge in [0.15, 0.2) is 87.0 Å². The molecule has 28 nitrogen and oxygen atoms in total. The maximum Gasteiger partial charge on any atom is 0.237 e. The van der Waals surface area contributed by atoms with E-state index < -0.39 is 29.5 Å². The van der Waals surface area contributed by atoms with Crippen molar-refractivity contribution in [3.63, 3.8) is 0 Å². The van der Waals surface area contributed by atoms with Gasteiger partial charge in [0.05, 0.1) is 40.3 Å². The molecule has 24 rings (SSSR count). The minimum atomic E-state index is -3.01. The van der Waals surface area contributed by atoms with Gasteiger partial charge in [-0.3, -0.25) is 34.1 Å². The highest BCUT2D eigenvalue weighted by Crippen LogP contribution is 2.47. The summed E-state index contributed by atoms with van der Waals surface area (Å²) >= 11 is 3.44. The van der Waals surface area contributed by atoms with Gasteiger partial charge in [-0.1, -0.05) is 91.0 Å². The normalized spacial score (nSPS) is 22.1. The van der Waals surface area contributed by atoms with Crippen molar-refractivity contribution >= 4 is 87.6 Å². The van der Waals surface area contributed by atoms with Crippen molar-refractivity contribution in [2.75, 3.05) is 222 Å². The molecule has 0 aromatic heterocycles. The number of nitrogens with zero attached hydrogens (tertiary/aromatic N) is 9. The molecular weight excluding hydrogens is 1960 g/mol. The summed E-state index contributed by atoms with van der Waals surface area (Å²) in [5, 5.41) is 0. The van der Waals surface area contributed by atoms with Crippen LogP contribution in [0, 0.1) is 0 Å². The SMILES string of the molecule is CS(=O)(=O)CCOc1ccc(CN2CCC[C@@H]2c2ccc3c(c2)OCCO3)cc1.O=C1CSCCN1c1ccc(CN2CCC[C@@H]2c2ccc3c(c2)OCCO3)cc1.O=C1CSCCN1c1ccc(CN2CCC[C@H]2c2ccc3c(c2)OCCO3)cc1.O=S1(=O)CCN(c2ccc(CN3CCC[C@@H]3c3ccc4c(c3)OCCO4)cc2)CC1.O=S1(=O)CCN(c2ccc(CN3CCC[C@H]3c3ccc4c(c3)OCCO4)cc2)CC1. The van der Waals surface area contributed by atoms with Crippen LogP contribution in [0.5, 0.6) is 63.2 Å². The van der Waals surface area contributed by atoms with Gasteiger partial charge in [-0.15, -0.1) is 0 Å². The van der Waals surface area contributed by atoms with Crippen LogP contribution in [0.1, 0.15) is 150 Å². The fraction of sp³-hybridized carbons (Fsp3) is 0.456. The fourth-order valence-electron chi connectivity index (χ4n) is 22.2. The molecule has 14 aliphatic heterocycles. The fourth-order valence-corrected chi connectivity index (χ4v) is 26.5. The highest BCUT2D eigenvalue weighted by molar-refractivity contribution is 8.00. The minimum Gasteiger partial charge on any atom is -0.493 e. The molecule has 10 aromatic rings. The van der Waals surface area contributed by atoms with Gasteiger partial charge in [0.2, 0.25) is 11.8 Å². The molecule has 780 valence electrons. The second kappa shape index (κ2) is 48.2. The number of thioether (sulfide) groups is 2. The first-order valence-corrected chi connectivity index (χ1v) is 60.3. The van der Waals surface area contributed by atoms with Gasteiger partial charge >= 0.3 is 0 Å². The molecule has 0 spiro atoms. The summed E-state index contributed by atoms with van der Waals surface area (Å²) in [5.74, 6) is 13.9. The van der Waals surface area contributed by atoms with Crippen LogP contribution < -0.4 is 71.7 Å². The van der Waals surface area contributed by atoms with Crippen molar-refractivity contribution in [3.8, 4) is 63.2 Å². The van der Waals surface area contributed by atoms with Gasteiger partial charge in [0.25, 0.3) is 0 Å². The number of anilines is 4. The standard InChI is InChI=1S/2C23H28N2O4S.2C23H26N2O3S.C22H27NO5S/c2*26-30(27)14-10-24(11-15-30)20-6-3-18(4-7-20)17-25-9-1-2-21(25)19-5-8-22-23(16-19)29-13-12-28-22;2*26-23-16-29-13-10-25(23)19-6-3-17(4-7-19)15-24-9-1-2-20(24)18-5-8-21-22(14-18)28-12-11-27-21;1-29(24,25)14-13-26-19-7-4-17(5-8-19)16-23-10-2-3-20(23)18-6-9-21-22(15-18)28-12-11-27-21/h2*3-8,16,21H,1-2,9-15,17H2;2*3-8,14,20H,1-2,9-13,15-16H2;4-9,15,20H,2-3,10-14,16H2,1H3/t2*21-;3*20-/m10101/s1. The number of sulfone groups is 3. The van der Waals surface area contributed by atoms with Crippen molar-refractivity contribution in [3.05, 3.63) is 268 Å². The van der Waals surface area contributed by atoms with Crippen molar-refractivity contribution in [2.45, 2.75) is 127 Å². The van der Waals surface area contributed by atoms with E-state index in [0.717, 1.165) is 202 Å². The first-order chi connectivity index (χ1) is 71.7. The minimum absolute atomic E-state index is 0.0275. The zero-order valence-electron chi connectivity index (χ0n) is 83.9. The summed E-state index contributed by atoms with van der Waals surface area (Å²) in [6, 6.07) is 75.9. The molecule has 0 unspecified atom stereocenters. The van der Waals surface area contributed by atoms with Crippen LogP contribution in [0.3, 0.4) is 0 Å². The number of carbonyl (C=O) groups is 2. The lowest BCUT2D eigenvalue weighted by molar-refractivity contribution is -0.117. The second-order valence-corrected chi connectivity index (χ2v) is 49.0. The maximum absolute atomic E-state index is 12.1. The van der Waals surface area contributed by atoms with E-state index in [-0.39, 0.29) is 47.2 Å². The van der Waals surface area contributed by atoms with Crippen molar-refractivity contribution < 1.29 is 86.9 Å². The topological polar surface area (TPSA) is 267 Å². The van der Waals surface area contributed by atoms with Gasteiger partial charge in [0, 0.05) is 143 Å². The number of hydrogen-bond acceptors (Lipinski definition) is 28. The molecular formula is C114H135N9O19S5. The van der Waals surface area contributed by atoms with Gasteiger partial charge in [-0.2, -0.15) is 23.5 Å². The molecule has 0 bridgehead atoms. The van der Waals surface area contributed by atoms with Crippen LogP contribution in [-0.4, -0.2) is 264 Å². The van der Waals surface area contributed by atoms with E-state index in [2.05, 4.69) is 204 Å². The Kier molecular flexibility index (Phi) is 33.8. The van der Waals surface area contributed by atoms with Crippen molar-refractivity contribution in [2.24, 2.45) is 0 Å².